The van der Waals surface area contributed by atoms with Crippen LogP contribution < -0.4 is 5.32 Å². The van der Waals surface area contributed by atoms with Crippen LogP contribution in [-0.4, -0.2) is 11.9 Å². The van der Waals surface area contributed by atoms with E-state index in [2.05, 4.69) is 19.2 Å². The van der Waals surface area contributed by atoms with E-state index >= 15 is 0 Å². The van der Waals surface area contributed by atoms with Crippen LogP contribution in [0.5, 0.6) is 0 Å². The van der Waals surface area contributed by atoms with E-state index in [0.717, 1.165) is 18.4 Å². The van der Waals surface area contributed by atoms with Gasteiger partial charge in [-0.05, 0) is 37.0 Å². The van der Waals surface area contributed by atoms with Crippen molar-refractivity contribution in [2.75, 3.05) is 0 Å². The Morgan fingerprint density at radius 2 is 1.78 bits per heavy atom. The standard InChI is InChI=1S/C14H19Cl2NO/c1-3-10(4-2)17-14(18)9-8-11-12(15)6-5-7-13(11)16/h5-7,10H,3-4,8-9H2,1-2H3,(H,17,18). The summed E-state index contributed by atoms with van der Waals surface area (Å²) in [5.74, 6) is 0.0553. The minimum absolute atomic E-state index is 0.0553. The SMILES string of the molecule is CCC(CC)NC(=O)CCc1c(Cl)cccc1Cl. The number of benzene rings is 1. The molecule has 0 spiro atoms. The number of nitrogens with one attached hydrogen (secondary N) is 1. The van der Waals surface area contributed by atoms with Crippen LogP contribution >= 0.6 is 23.2 Å². The van der Waals surface area contributed by atoms with Gasteiger partial charge in [0.2, 0.25) is 5.91 Å². The third-order valence-electron chi connectivity index (χ3n) is 3.01. The monoisotopic (exact) mass is 287 g/mol. The molecule has 1 aromatic rings. The summed E-state index contributed by atoms with van der Waals surface area (Å²) in [6.45, 7) is 4.14. The highest BCUT2D eigenvalue weighted by molar-refractivity contribution is 6.36. The quantitative estimate of drug-likeness (QED) is 0.833. The number of hydrogen-bond donors (Lipinski definition) is 1. The first-order valence-corrected chi connectivity index (χ1v) is 7.06. The molecule has 100 valence electrons. The Bertz CT molecular complexity index is 383. The molecule has 0 saturated heterocycles. The minimum Gasteiger partial charge on any atom is -0.353 e. The molecule has 0 unspecified atom stereocenters. The van der Waals surface area contributed by atoms with Crippen molar-refractivity contribution < 1.29 is 4.79 Å². The zero-order valence-electron chi connectivity index (χ0n) is 10.8. The molecule has 2 nitrogen and oxygen atoms in total. The van der Waals surface area contributed by atoms with Crippen molar-refractivity contribution >= 4 is 29.1 Å². The second kappa shape index (κ2) is 7.65. The zero-order chi connectivity index (χ0) is 13.5. The van der Waals surface area contributed by atoms with Crippen molar-refractivity contribution in [1.82, 2.24) is 5.32 Å². The molecule has 4 heteroatoms. The molecule has 0 heterocycles. The number of carbonyl (C=O) groups is 1. The summed E-state index contributed by atoms with van der Waals surface area (Å²) in [7, 11) is 0. The summed E-state index contributed by atoms with van der Waals surface area (Å²) in [5, 5.41) is 4.25. The van der Waals surface area contributed by atoms with E-state index in [9.17, 15) is 4.79 Å². The lowest BCUT2D eigenvalue weighted by atomic mass is 10.1. The van der Waals surface area contributed by atoms with E-state index in [1.807, 2.05) is 0 Å². The predicted octanol–water partition coefficient (Wildman–Crippen LogP) is 4.23. The lowest BCUT2D eigenvalue weighted by Gasteiger charge is -2.15. The Hall–Kier alpha value is -0.730. The molecule has 1 N–H and O–H groups in total. The molecular formula is C14H19Cl2NO. The molecule has 1 rings (SSSR count). The van der Waals surface area contributed by atoms with Gasteiger partial charge in [0.05, 0.1) is 0 Å². The Labute approximate surface area is 119 Å². The van der Waals surface area contributed by atoms with Crippen molar-refractivity contribution in [2.45, 2.75) is 45.6 Å². The van der Waals surface area contributed by atoms with Gasteiger partial charge in [-0.2, -0.15) is 0 Å². The van der Waals surface area contributed by atoms with Crippen molar-refractivity contribution in [2.24, 2.45) is 0 Å². The van der Waals surface area contributed by atoms with Crippen molar-refractivity contribution in [1.29, 1.82) is 0 Å². The Morgan fingerprint density at radius 3 is 2.28 bits per heavy atom. The van der Waals surface area contributed by atoms with Crippen LogP contribution in [0.2, 0.25) is 10.0 Å². The average Bonchev–Trinajstić information content (AvgIpc) is 2.35. The van der Waals surface area contributed by atoms with Crippen LogP contribution in [-0.2, 0) is 11.2 Å². The summed E-state index contributed by atoms with van der Waals surface area (Å²) < 4.78 is 0. The van der Waals surface area contributed by atoms with Gasteiger partial charge in [-0.3, -0.25) is 4.79 Å². The molecule has 0 radical (unpaired) electrons. The van der Waals surface area contributed by atoms with Gasteiger partial charge in [-0.25, -0.2) is 0 Å². The van der Waals surface area contributed by atoms with Gasteiger partial charge in [0.15, 0.2) is 0 Å². The first kappa shape index (κ1) is 15.3. The van der Waals surface area contributed by atoms with Crippen molar-refractivity contribution in [3.8, 4) is 0 Å². The lowest BCUT2D eigenvalue weighted by Crippen LogP contribution is -2.33. The maximum atomic E-state index is 11.8. The second-order valence-electron chi connectivity index (χ2n) is 4.28. The molecule has 0 atom stereocenters. The molecule has 0 saturated carbocycles. The third-order valence-corrected chi connectivity index (χ3v) is 3.72. The molecule has 0 aliphatic rings. The normalized spacial score (nSPS) is 10.7. The number of halogens is 2. The summed E-state index contributed by atoms with van der Waals surface area (Å²) in [6, 6.07) is 5.65. The highest BCUT2D eigenvalue weighted by atomic mass is 35.5. The molecule has 0 aliphatic carbocycles. The van der Waals surface area contributed by atoms with Crippen LogP contribution in [0.4, 0.5) is 0 Å². The smallest absolute Gasteiger partial charge is 0.220 e. The molecule has 0 bridgehead atoms. The fraction of sp³-hybridized carbons (Fsp3) is 0.500. The zero-order valence-corrected chi connectivity index (χ0v) is 12.3. The first-order valence-electron chi connectivity index (χ1n) is 6.30. The van der Waals surface area contributed by atoms with E-state index in [0.29, 0.717) is 22.9 Å². The Balaban J connectivity index is 2.52. The van der Waals surface area contributed by atoms with Gasteiger partial charge in [0, 0.05) is 22.5 Å². The van der Waals surface area contributed by atoms with Gasteiger partial charge in [0.1, 0.15) is 0 Å². The Morgan fingerprint density at radius 1 is 1.22 bits per heavy atom. The van der Waals surface area contributed by atoms with E-state index in [1.165, 1.54) is 0 Å². The lowest BCUT2D eigenvalue weighted by molar-refractivity contribution is -0.121. The van der Waals surface area contributed by atoms with Crippen LogP contribution in [0, 0.1) is 0 Å². The van der Waals surface area contributed by atoms with Gasteiger partial charge in [0.25, 0.3) is 0 Å². The van der Waals surface area contributed by atoms with Gasteiger partial charge in [-0.15, -0.1) is 0 Å². The molecule has 1 aromatic carbocycles. The number of carbonyl (C=O) groups excluding carboxylic acids is 1. The topological polar surface area (TPSA) is 29.1 Å². The van der Waals surface area contributed by atoms with Gasteiger partial charge >= 0.3 is 0 Å². The maximum Gasteiger partial charge on any atom is 0.220 e. The minimum atomic E-state index is 0.0553. The van der Waals surface area contributed by atoms with Crippen LogP contribution in [0.25, 0.3) is 0 Å². The molecule has 0 aromatic heterocycles. The summed E-state index contributed by atoms with van der Waals surface area (Å²) in [6.07, 6.45) is 2.90. The fourth-order valence-corrected chi connectivity index (χ4v) is 2.39. The van der Waals surface area contributed by atoms with Gasteiger partial charge < -0.3 is 5.32 Å². The maximum absolute atomic E-state index is 11.8. The summed E-state index contributed by atoms with van der Waals surface area (Å²) in [5.41, 5.74) is 0.848. The fourth-order valence-electron chi connectivity index (χ4n) is 1.80. The highest BCUT2D eigenvalue weighted by Crippen LogP contribution is 2.25. The van der Waals surface area contributed by atoms with E-state index in [-0.39, 0.29) is 11.9 Å². The van der Waals surface area contributed by atoms with Crippen LogP contribution in [0.3, 0.4) is 0 Å². The number of rotatable bonds is 6. The molecule has 18 heavy (non-hydrogen) atoms. The largest absolute Gasteiger partial charge is 0.353 e. The molecular weight excluding hydrogens is 269 g/mol. The highest BCUT2D eigenvalue weighted by Gasteiger charge is 2.11. The van der Waals surface area contributed by atoms with Crippen LogP contribution in [0.15, 0.2) is 18.2 Å². The van der Waals surface area contributed by atoms with Crippen molar-refractivity contribution in [3.63, 3.8) is 0 Å². The number of amides is 1. The average molecular weight is 288 g/mol. The predicted molar refractivity (Wildman–Crippen MR) is 77.3 cm³/mol. The van der Waals surface area contributed by atoms with Crippen LogP contribution in [0.1, 0.15) is 38.7 Å². The van der Waals surface area contributed by atoms with Crippen molar-refractivity contribution in [3.05, 3.63) is 33.8 Å². The van der Waals surface area contributed by atoms with E-state index < -0.39 is 0 Å². The molecule has 0 aliphatic heterocycles. The Kier molecular flexibility index (Phi) is 6.51. The van der Waals surface area contributed by atoms with E-state index in [1.54, 1.807) is 18.2 Å². The molecule has 1 amide bonds. The summed E-state index contributed by atoms with van der Waals surface area (Å²) in [4.78, 5) is 11.8. The van der Waals surface area contributed by atoms with Gasteiger partial charge in [-0.1, -0.05) is 43.1 Å². The third kappa shape index (κ3) is 4.51. The molecule has 0 fully saturated rings. The first-order chi connectivity index (χ1) is 8.58. The van der Waals surface area contributed by atoms with E-state index in [4.69, 9.17) is 23.2 Å². The summed E-state index contributed by atoms with van der Waals surface area (Å²) >= 11 is 12.1. The second-order valence-corrected chi connectivity index (χ2v) is 5.10. The number of hydrogen-bond acceptors (Lipinski definition) is 1.